The molecule has 4 rings (SSSR count). The molecule has 0 unspecified atom stereocenters. The summed E-state index contributed by atoms with van der Waals surface area (Å²) in [4.78, 5) is 16.4. The third-order valence-corrected chi connectivity index (χ3v) is 4.45. The van der Waals surface area contributed by atoms with E-state index >= 15 is 0 Å². The van der Waals surface area contributed by atoms with E-state index in [0.29, 0.717) is 23.0 Å². The number of hydrogen-bond donors (Lipinski definition) is 1. The summed E-state index contributed by atoms with van der Waals surface area (Å²) < 4.78 is 24.6. The lowest BCUT2D eigenvalue weighted by molar-refractivity contribution is -0.118. The number of benzene rings is 3. The van der Waals surface area contributed by atoms with Gasteiger partial charge in [-0.1, -0.05) is 53.2 Å². The molecule has 30 heavy (non-hydrogen) atoms. The van der Waals surface area contributed by atoms with E-state index in [1.165, 1.54) is 12.1 Å². The van der Waals surface area contributed by atoms with Crippen LogP contribution in [0.15, 0.2) is 77.3 Å². The van der Waals surface area contributed by atoms with Crippen molar-refractivity contribution in [1.29, 1.82) is 0 Å². The molecule has 0 saturated heterocycles. The highest BCUT2D eigenvalue weighted by Crippen LogP contribution is 2.24. The molecular formula is C22H15ClFN3O3. The number of nitrogens with one attached hydrogen (secondary N) is 1. The van der Waals surface area contributed by atoms with Crippen molar-refractivity contribution in [2.45, 2.75) is 0 Å². The van der Waals surface area contributed by atoms with Crippen molar-refractivity contribution in [3.63, 3.8) is 0 Å². The van der Waals surface area contributed by atoms with Crippen LogP contribution < -0.4 is 10.1 Å². The maximum Gasteiger partial charge on any atom is 0.262 e. The summed E-state index contributed by atoms with van der Waals surface area (Å²) in [5, 5.41) is 6.34. The molecule has 0 aliphatic rings. The number of hydrogen-bond acceptors (Lipinski definition) is 5. The summed E-state index contributed by atoms with van der Waals surface area (Å²) in [7, 11) is 0. The molecule has 0 aliphatic heterocycles. The fraction of sp³-hybridized carbons (Fsp3) is 0.0455. The SMILES string of the molecule is O=C(COc1ccc(-c2nc(-c3ccccc3)no2)cc1)Nc1cccc(Cl)c1F. The molecule has 0 bridgehead atoms. The zero-order chi connectivity index (χ0) is 20.9. The topological polar surface area (TPSA) is 77.2 Å². The molecule has 150 valence electrons. The summed E-state index contributed by atoms with van der Waals surface area (Å²) in [6.07, 6.45) is 0. The van der Waals surface area contributed by atoms with Crippen molar-refractivity contribution in [2.75, 3.05) is 11.9 Å². The number of halogens is 2. The Bertz CT molecular complexity index is 1160. The highest BCUT2D eigenvalue weighted by molar-refractivity contribution is 6.31. The summed E-state index contributed by atoms with van der Waals surface area (Å²) in [6, 6.07) is 20.7. The van der Waals surface area contributed by atoms with Gasteiger partial charge in [0.1, 0.15) is 5.75 Å². The van der Waals surface area contributed by atoms with Crippen molar-refractivity contribution in [3.8, 4) is 28.6 Å². The van der Waals surface area contributed by atoms with Gasteiger partial charge in [0.15, 0.2) is 12.4 Å². The standard InChI is InChI=1S/C22H15ClFN3O3/c23-17-7-4-8-18(20(17)24)25-19(28)13-29-16-11-9-15(10-12-16)22-26-21(27-30-22)14-5-2-1-3-6-14/h1-12H,13H2,(H,25,28). The lowest BCUT2D eigenvalue weighted by Gasteiger charge is -2.09. The number of nitrogens with zero attached hydrogens (tertiary/aromatic N) is 2. The normalized spacial score (nSPS) is 10.6. The highest BCUT2D eigenvalue weighted by Gasteiger charge is 2.12. The number of anilines is 1. The molecular weight excluding hydrogens is 409 g/mol. The molecule has 0 spiro atoms. The number of rotatable bonds is 6. The first-order chi connectivity index (χ1) is 14.6. The van der Waals surface area contributed by atoms with Gasteiger partial charge in [0.25, 0.3) is 11.8 Å². The molecule has 1 heterocycles. The Morgan fingerprint density at radius 2 is 1.77 bits per heavy atom. The average Bonchev–Trinajstić information content (AvgIpc) is 3.27. The van der Waals surface area contributed by atoms with Crippen LogP contribution in [0, 0.1) is 5.82 Å². The van der Waals surface area contributed by atoms with Crippen molar-refractivity contribution in [2.24, 2.45) is 0 Å². The van der Waals surface area contributed by atoms with Gasteiger partial charge in [0.2, 0.25) is 5.82 Å². The van der Waals surface area contributed by atoms with E-state index in [4.69, 9.17) is 20.9 Å². The predicted molar refractivity (Wildman–Crippen MR) is 111 cm³/mol. The summed E-state index contributed by atoms with van der Waals surface area (Å²) in [5.41, 5.74) is 1.56. The predicted octanol–water partition coefficient (Wildman–Crippen LogP) is 5.21. The van der Waals surface area contributed by atoms with Gasteiger partial charge in [0, 0.05) is 11.1 Å². The highest BCUT2D eigenvalue weighted by atomic mass is 35.5. The zero-order valence-corrected chi connectivity index (χ0v) is 16.3. The van der Waals surface area contributed by atoms with E-state index < -0.39 is 11.7 Å². The van der Waals surface area contributed by atoms with Crippen LogP contribution in [0.5, 0.6) is 5.75 Å². The van der Waals surface area contributed by atoms with Gasteiger partial charge in [-0.25, -0.2) is 4.39 Å². The minimum atomic E-state index is -0.689. The minimum Gasteiger partial charge on any atom is -0.484 e. The number of amides is 1. The van der Waals surface area contributed by atoms with E-state index in [0.717, 1.165) is 5.56 Å². The summed E-state index contributed by atoms with van der Waals surface area (Å²) in [6.45, 7) is -0.288. The molecule has 6 nitrogen and oxygen atoms in total. The Morgan fingerprint density at radius 1 is 1.00 bits per heavy atom. The minimum absolute atomic E-state index is 0.00272. The second-order valence-electron chi connectivity index (χ2n) is 6.25. The van der Waals surface area contributed by atoms with Crippen LogP contribution in [-0.4, -0.2) is 22.7 Å². The maximum absolute atomic E-state index is 13.8. The lowest BCUT2D eigenvalue weighted by atomic mass is 10.2. The van der Waals surface area contributed by atoms with E-state index in [1.54, 1.807) is 30.3 Å². The molecule has 0 saturated carbocycles. The Kier molecular flexibility index (Phi) is 5.72. The van der Waals surface area contributed by atoms with E-state index in [1.807, 2.05) is 30.3 Å². The van der Waals surface area contributed by atoms with Crippen LogP contribution in [0.2, 0.25) is 5.02 Å². The molecule has 1 aromatic heterocycles. The smallest absolute Gasteiger partial charge is 0.262 e. The Balaban J connectivity index is 1.37. The first-order valence-electron chi connectivity index (χ1n) is 8.96. The molecule has 0 radical (unpaired) electrons. The van der Waals surface area contributed by atoms with Gasteiger partial charge in [-0.3, -0.25) is 4.79 Å². The number of carbonyl (C=O) groups excluding carboxylic acids is 1. The van der Waals surface area contributed by atoms with Crippen LogP contribution in [-0.2, 0) is 4.79 Å². The first kappa shape index (κ1) is 19.6. The molecule has 0 fully saturated rings. The molecule has 0 aliphatic carbocycles. The van der Waals surface area contributed by atoms with Crippen LogP contribution in [0.3, 0.4) is 0 Å². The zero-order valence-electron chi connectivity index (χ0n) is 15.5. The van der Waals surface area contributed by atoms with Gasteiger partial charge < -0.3 is 14.6 Å². The second kappa shape index (κ2) is 8.75. The van der Waals surface area contributed by atoms with Gasteiger partial charge in [-0.2, -0.15) is 4.98 Å². The Hall–Kier alpha value is -3.71. The summed E-state index contributed by atoms with van der Waals surface area (Å²) in [5.74, 6) is 0.129. The molecule has 1 amide bonds. The largest absolute Gasteiger partial charge is 0.484 e. The van der Waals surface area contributed by atoms with Gasteiger partial charge in [-0.05, 0) is 36.4 Å². The molecule has 1 N–H and O–H groups in total. The average molecular weight is 424 g/mol. The molecule has 0 atom stereocenters. The summed E-state index contributed by atoms with van der Waals surface area (Å²) >= 11 is 5.70. The third-order valence-electron chi connectivity index (χ3n) is 4.15. The maximum atomic E-state index is 13.8. The van der Waals surface area contributed by atoms with Crippen molar-refractivity contribution >= 4 is 23.2 Å². The van der Waals surface area contributed by atoms with E-state index in [-0.39, 0.29) is 17.3 Å². The van der Waals surface area contributed by atoms with E-state index in [9.17, 15) is 9.18 Å². The second-order valence-corrected chi connectivity index (χ2v) is 6.66. The van der Waals surface area contributed by atoms with Crippen LogP contribution >= 0.6 is 11.6 Å². The van der Waals surface area contributed by atoms with Gasteiger partial charge >= 0.3 is 0 Å². The quantitative estimate of drug-likeness (QED) is 0.460. The van der Waals surface area contributed by atoms with Gasteiger partial charge in [0.05, 0.1) is 10.7 Å². The molecule has 4 aromatic rings. The number of ether oxygens (including phenoxy) is 1. The lowest BCUT2D eigenvalue weighted by Crippen LogP contribution is -2.20. The van der Waals surface area contributed by atoms with Crippen molar-refractivity contribution < 1.29 is 18.4 Å². The van der Waals surface area contributed by atoms with Crippen LogP contribution in [0.4, 0.5) is 10.1 Å². The Morgan fingerprint density at radius 3 is 2.53 bits per heavy atom. The number of aromatic nitrogens is 2. The third kappa shape index (κ3) is 4.47. The van der Waals surface area contributed by atoms with Crippen molar-refractivity contribution in [3.05, 3.63) is 83.6 Å². The van der Waals surface area contributed by atoms with Crippen LogP contribution in [0.1, 0.15) is 0 Å². The van der Waals surface area contributed by atoms with Crippen molar-refractivity contribution in [1.82, 2.24) is 10.1 Å². The Labute approximate surface area is 176 Å². The monoisotopic (exact) mass is 423 g/mol. The van der Waals surface area contributed by atoms with Gasteiger partial charge in [-0.15, -0.1) is 0 Å². The molecule has 3 aromatic carbocycles. The first-order valence-corrected chi connectivity index (χ1v) is 9.34. The van der Waals surface area contributed by atoms with E-state index in [2.05, 4.69) is 15.5 Å². The van der Waals surface area contributed by atoms with Crippen LogP contribution in [0.25, 0.3) is 22.8 Å². The fourth-order valence-electron chi connectivity index (χ4n) is 2.67. The molecule has 8 heteroatoms. The number of carbonyl (C=O) groups is 1. The fourth-order valence-corrected chi connectivity index (χ4v) is 2.85.